The molecule has 2 N–H and O–H groups in total. The van der Waals surface area contributed by atoms with Crippen LogP contribution in [-0.4, -0.2) is 22.4 Å². The molecule has 3 nitrogen and oxygen atoms in total. The molecule has 0 radical (unpaired) electrons. The molecule has 1 saturated carbocycles. The highest BCUT2D eigenvalue weighted by Gasteiger charge is 2.42. The van der Waals surface area contributed by atoms with Crippen molar-refractivity contribution in [3.63, 3.8) is 0 Å². The number of nitrogens with zero attached hydrogens (tertiary/aromatic N) is 1. The Labute approximate surface area is 114 Å². The van der Waals surface area contributed by atoms with Gasteiger partial charge in [-0.3, -0.25) is 5.10 Å². The molecule has 1 fully saturated rings. The van der Waals surface area contributed by atoms with E-state index in [9.17, 15) is 13.2 Å². The molecule has 0 bridgehead atoms. The largest absolute Gasteiger partial charge is 0.391 e. The number of H-pyrrole nitrogens is 1. The van der Waals surface area contributed by atoms with E-state index >= 15 is 0 Å². The van der Waals surface area contributed by atoms with Gasteiger partial charge in [0.15, 0.2) is 0 Å². The van der Waals surface area contributed by atoms with Crippen LogP contribution in [0, 0.1) is 5.92 Å². The summed E-state index contributed by atoms with van der Waals surface area (Å²) in [4.78, 5) is 0. The van der Waals surface area contributed by atoms with Gasteiger partial charge in [0.25, 0.3) is 0 Å². The van der Waals surface area contributed by atoms with E-state index in [1.54, 1.807) is 6.20 Å². The quantitative estimate of drug-likeness (QED) is 0.871. The Bertz CT molecular complexity index is 591. The summed E-state index contributed by atoms with van der Waals surface area (Å²) in [7, 11) is 0. The topological polar surface area (TPSA) is 40.7 Å². The molecule has 20 heavy (non-hydrogen) atoms. The third-order valence-electron chi connectivity index (χ3n) is 3.95. The Morgan fingerprint density at radius 2 is 2.10 bits per heavy atom. The normalized spacial score (nSPS) is 23.9. The number of benzene rings is 1. The van der Waals surface area contributed by atoms with E-state index in [2.05, 4.69) is 15.5 Å². The zero-order valence-electron chi connectivity index (χ0n) is 10.9. The van der Waals surface area contributed by atoms with Gasteiger partial charge in [0, 0.05) is 17.1 Å². The molecule has 0 saturated heterocycles. The lowest BCUT2D eigenvalue weighted by atomic mass is 9.85. The van der Waals surface area contributed by atoms with Crippen LogP contribution in [0.5, 0.6) is 0 Å². The molecule has 108 valence electrons. The first-order valence-electron chi connectivity index (χ1n) is 6.79. The summed E-state index contributed by atoms with van der Waals surface area (Å²) in [5.74, 6) is -1.18. The van der Waals surface area contributed by atoms with Gasteiger partial charge in [-0.15, -0.1) is 0 Å². The Hall–Kier alpha value is -1.72. The minimum absolute atomic E-state index is 0.115. The van der Waals surface area contributed by atoms with Crippen molar-refractivity contribution in [2.45, 2.75) is 37.9 Å². The van der Waals surface area contributed by atoms with Crippen molar-refractivity contribution < 1.29 is 13.2 Å². The molecule has 0 aliphatic heterocycles. The summed E-state index contributed by atoms with van der Waals surface area (Å²) in [5.41, 5.74) is 1.73. The van der Waals surface area contributed by atoms with Crippen molar-refractivity contribution in [1.82, 2.24) is 10.2 Å². The molecule has 2 aromatic rings. The predicted molar refractivity (Wildman–Crippen MR) is 71.5 cm³/mol. The Morgan fingerprint density at radius 1 is 1.25 bits per heavy atom. The number of halogens is 3. The van der Waals surface area contributed by atoms with Gasteiger partial charge < -0.3 is 5.32 Å². The minimum atomic E-state index is -4.08. The maximum absolute atomic E-state index is 12.8. The van der Waals surface area contributed by atoms with Crippen LogP contribution >= 0.6 is 0 Å². The molecule has 2 unspecified atom stereocenters. The van der Waals surface area contributed by atoms with Crippen molar-refractivity contribution in [1.29, 1.82) is 0 Å². The van der Waals surface area contributed by atoms with Gasteiger partial charge in [-0.05, 0) is 37.5 Å². The van der Waals surface area contributed by atoms with E-state index in [1.165, 1.54) is 0 Å². The van der Waals surface area contributed by atoms with Crippen LogP contribution in [0.15, 0.2) is 24.4 Å². The molecule has 1 aromatic heterocycles. The first-order chi connectivity index (χ1) is 9.52. The summed E-state index contributed by atoms with van der Waals surface area (Å²) in [6.45, 7) is 0. The molecule has 2 atom stereocenters. The van der Waals surface area contributed by atoms with Crippen LogP contribution in [0.2, 0.25) is 0 Å². The number of fused-ring (bicyclic) bond motifs is 1. The van der Waals surface area contributed by atoms with Crippen molar-refractivity contribution >= 4 is 16.6 Å². The fourth-order valence-electron chi connectivity index (χ4n) is 2.88. The smallest absolute Gasteiger partial charge is 0.382 e. The minimum Gasteiger partial charge on any atom is -0.382 e. The summed E-state index contributed by atoms with van der Waals surface area (Å²) < 4.78 is 38.3. The monoisotopic (exact) mass is 283 g/mol. The second-order valence-corrected chi connectivity index (χ2v) is 5.42. The second-order valence-electron chi connectivity index (χ2n) is 5.42. The highest BCUT2D eigenvalue weighted by atomic mass is 19.4. The highest BCUT2D eigenvalue weighted by Crippen LogP contribution is 2.38. The maximum Gasteiger partial charge on any atom is 0.391 e. The van der Waals surface area contributed by atoms with Crippen LogP contribution < -0.4 is 5.32 Å². The lowest BCUT2D eigenvalue weighted by Crippen LogP contribution is -2.34. The molecule has 6 heteroatoms. The first kappa shape index (κ1) is 13.3. The van der Waals surface area contributed by atoms with Crippen molar-refractivity contribution in [3.8, 4) is 0 Å². The molecular formula is C14H16F3N3. The zero-order chi connectivity index (χ0) is 14.2. The van der Waals surface area contributed by atoms with Crippen LogP contribution in [0.25, 0.3) is 10.9 Å². The predicted octanol–water partition coefficient (Wildman–Crippen LogP) is 4.10. The second kappa shape index (κ2) is 5.00. The van der Waals surface area contributed by atoms with Crippen LogP contribution in [0.1, 0.15) is 25.7 Å². The number of hydrogen-bond acceptors (Lipinski definition) is 2. The molecular weight excluding hydrogens is 267 g/mol. The van der Waals surface area contributed by atoms with Crippen molar-refractivity contribution in [3.05, 3.63) is 24.4 Å². The number of aromatic amines is 1. The summed E-state index contributed by atoms with van der Waals surface area (Å²) in [5, 5.41) is 11.0. The number of nitrogens with one attached hydrogen (secondary N) is 2. The number of anilines is 1. The highest BCUT2D eigenvalue weighted by molar-refractivity contribution is 5.81. The third kappa shape index (κ3) is 2.73. The Balaban J connectivity index is 1.70. The summed E-state index contributed by atoms with van der Waals surface area (Å²) in [6, 6.07) is 5.57. The van der Waals surface area contributed by atoms with Gasteiger partial charge in [0.2, 0.25) is 0 Å². The molecule has 1 heterocycles. The van der Waals surface area contributed by atoms with Gasteiger partial charge in [-0.1, -0.05) is 6.42 Å². The summed E-state index contributed by atoms with van der Waals surface area (Å²) in [6.07, 6.45) is -0.541. The van der Waals surface area contributed by atoms with E-state index in [1.807, 2.05) is 18.2 Å². The van der Waals surface area contributed by atoms with E-state index < -0.39 is 12.1 Å². The Morgan fingerprint density at radius 3 is 2.90 bits per heavy atom. The maximum atomic E-state index is 12.8. The SMILES string of the molecule is FC(F)(F)C1CCCC(Nc2ccc3cn[nH]c3c2)C1. The van der Waals surface area contributed by atoms with Gasteiger partial charge in [0.1, 0.15) is 0 Å². The van der Waals surface area contributed by atoms with E-state index in [0.717, 1.165) is 23.0 Å². The van der Waals surface area contributed by atoms with Crippen molar-refractivity contribution in [2.24, 2.45) is 5.92 Å². The van der Waals surface area contributed by atoms with Gasteiger partial charge in [-0.2, -0.15) is 18.3 Å². The lowest BCUT2D eigenvalue weighted by molar-refractivity contribution is -0.182. The van der Waals surface area contributed by atoms with Crippen LogP contribution in [0.3, 0.4) is 0 Å². The average molecular weight is 283 g/mol. The average Bonchev–Trinajstić information content (AvgIpc) is 2.85. The molecule has 3 rings (SSSR count). The van der Waals surface area contributed by atoms with E-state index in [4.69, 9.17) is 0 Å². The summed E-state index contributed by atoms with van der Waals surface area (Å²) >= 11 is 0. The molecule has 1 aromatic carbocycles. The standard InChI is InChI=1S/C14H16F3N3/c15-14(16,17)10-2-1-3-11(6-10)19-12-5-4-9-8-18-20-13(9)7-12/h4-5,7-8,10-11,19H,1-3,6H2,(H,18,20). The van der Waals surface area contributed by atoms with E-state index in [0.29, 0.717) is 6.42 Å². The fraction of sp³-hybridized carbons (Fsp3) is 0.500. The third-order valence-corrected chi connectivity index (χ3v) is 3.95. The van der Waals surface area contributed by atoms with Crippen LogP contribution in [-0.2, 0) is 0 Å². The first-order valence-corrected chi connectivity index (χ1v) is 6.79. The Kier molecular flexibility index (Phi) is 3.31. The fourth-order valence-corrected chi connectivity index (χ4v) is 2.88. The van der Waals surface area contributed by atoms with Crippen molar-refractivity contribution in [2.75, 3.05) is 5.32 Å². The molecule has 1 aliphatic rings. The number of aromatic nitrogens is 2. The van der Waals surface area contributed by atoms with Crippen LogP contribution in [0.4, 0.5) is 18.9 Å². The zero-order valence-corrected chi connectivity index (χ0v) is 10.9. The molecule has 0 amide bonds. The number of rotatable bonds is 2. The van der Waals surface area contributed by atoms with Gasteiger partial charge >= 0.3 is 6.18 Å². The number of hydrogen-bond donors (Lipinski definition) is 2. The van der Waals surface area contributed by atoms with Gasteiger partial charge in [0.05, 0.1) is 17.6 Å². The lowest BCUT2D eigenvalue weighted by Gasteiger charge is -2.31. The van der Waals surface area contributed by atoms with Gasteiger partial charge in [-0.25, -0.2) is 0 Å². The molecule has 0 spiro atoms. The number of alkyl halides is 3. The van der Waals surface area contributed by atoms with E-state index in [-0.39, 0.29) is 18.9 Å². The molecule has 1 aliphatic carbocycles.